The van der Waals surface area contributed by atoms with Crippen molar-refractivity contribution in [2.45, 2.75) is 12.5 Å². The normalized spacial score (nSPS) is 17.9. The van der Waals surface area contributed by atoms with E-state index < -0.39 is 12.6 Å². The van der Waals surface area contributed by atoms with Crippen LogP contribution in [-0.2, 0) is 21.0 Å². The lowest BCUT2D eigenvalue weighted by molar-refractivity contribution is -0.149. The van der Waals surface area contributed by atoms with Crippen molar-refractivity contribution in [3.8, 4) is 0 Å². The Morgan fingerprint density at radius 1 is 1.44 bits per heavy atom. The van der Waals surface area contributed by atoms with Gasteiger partial charge in [0, 0.05) is 13.1 Å². The lowest BCUT2D eigenvalue weighted by atomic mass is 9.90. The van der Waals surface area contributed by atoms with E-state index in [4.69, 9.17) is 5.11 Å². The van der Waals surface area contributed by atoms with Gasteiger partial charge in [-0.2, -0.15) is 0 Å². The van der Waals surface area contributed by atoms with Crippen LogP contribution in [0.1, 0.15) is 17.0 Å². The maximum Gasteiger partial charge on any atom is 0.332 e. The summed E-state index contributed by atoms with van der Waals surface area (Å²) in [5, 5.41) is 11.5. The molecule has 2 rings (SSSR count). The zero-order chi connectivity index (χ0) is 13.0. The molecule has 6 nitrogen and oxygen atoms in total. The molecule has 0 spiro atoms. The van der Waals surface area contributed by atoms with Gasteiger partial charge in [0.05, 0.1) is 5.92 Å². The Balaban J connectivity index is 2.01. The third-order valence-corrected chi connectivity index (χ3v) is 2.78. The number of carbonyl (C=O) groups is 2. The molecular formula is C12H14N2O4. The fraction of sp³-hybridized carbons (Fsp3) is 0.333. The minimum absolute atomic E-state index is 0.337. The lowest BCUT2D eigenvalue weighted by Crippen LogP contribution is -2.39. The van der Waals surface area contributed by atoms with Gasteiger partial charge in [-0.15, -0.1) is 0 Å². The molecule has 0 aliphatic carbocycles. The molecule has 1 amide bonds. The molecule has 6 heteroatoms. The van der Waals surface area contributed by atoms with Crippen molar-refractivity contribution in [2.24, 2.45) is 0 Å². The zero-order valence-electron chi connectivity index (χ0n) is 9.68. The number of benzene rings is 1. The van der Waals surface area contributed by atoms with Crippen LogP contribution in [0.5, 0.6) is 0 Å². The molecule has 1 unspecified atom stereocenters. The standard InChI is InChI=1S/C12H14N2O4/c15-11(16)7-18-14-12(17)10-6-13-5-8-3-1-2-4-9(8)10/h1-4,10,13H,5-7H2,(H,14,17)(H,15,16). The number of nitrogens with one attached hydrogen (secondary N) is 2. The van der Waals surface area contributed by atoms with Gasteiger partial charge in [0.1, 0.15) is 0 Å². The quantitative estimate of drug-likeness (QED) is 0.655. The number of hydrogen-bond acceptors (Lipinski definition) is 4. The number of rotatable bonds is 4. The van der Waals surface area contributed by atoms with E-state index in [0.29, 0.717) is 6.54 Å². The Morgan fingerprint density at radius 2 is 2.22 bits per heavy atom. The molecular weight excluding hydrogens is 236 g/mol. The first-order chi connectivity index (χ1) is 8.68. The Labute approximate surface area is 104 Å². The fourth-order valence-electron chi connectivity index (χ4n) is 1.97. The van der Waals surface area contributed by atoms with Crippen LogP contribution >= 0.6 is 0 Å². The van der Waals surface area contributed by atoms with Gasteiger partial charge in [-0.3, -0.25) is 9.63 Å². The van der Waals surface area contributed by atoms with E-state index in [1.54, 1.807) is 0 Å². The van der Waals surface area contributed by atoms with E-state index in [0.717, 1.165) is 17.7 Å². The van der Waals surface area contributed by atoms with Crippen molar-refractivity contribution >= 4 is 11.9 Å². The van der Waals surface area contributed by atoms with Crippen LogP contribution in [-0.4, -0.2) is 30.1 Å². The van der Waals surface area contributed by atoms with Gasteiger partial charge in [0.15, 0.2) is 6.61 Å². The molecule has 0 fully saturated rings. The van der Waals surface area contributed by atoms with E-state index in [-0.39, 0.29) is 11.8 Å². The molecule has 0 saturated heterocycles. The molecule has 3 N–H and O–H groups in total. The van der Waals surface area contributed by atoms with E-state index >= 15 is 0 Å². The van der Waals surface area contributed by atoms with Crippen LogP contribution in [0.3, 0.4) is 0 Å². The maximum atomic E-state index is 11.9. The molecule has 1 heterocycles. The Morgan fingerprint density at radius 3 is 3.00 bits per heavy atom. The number of aliphatic carboxylic acids is 1. The summed E-state index contributed by atoms with van der Waals surface area (Å²) in [4.78, 5) is 26.7. The van der Waals surface area contributed by atoms with Crippen LogP contribution in [0, 0.1) is 0 Å². The van der Waals surface area contributed by atoms with Crippen molar-refractivity contribution < 1.29 is 19.5 Å². The molecule has 1 atom stereocenters. The van der Waals surface area contributed by atoms with Gasteiger partial charge in [0.2, 0.25) is 0 Å². The minimum Gasteiger partial charge on any atom is -0.479 e. The molecule has 1 aromatic rings. The summed E-state index contributed by atoms with van der Waals surface area (Å²) in [6.45, 7) is 0.697. The molecule has 1 aliphatic rings. The van der Waals surface area contributed by atoms with Crippen LogP contribution in [0.25, 0.3) is 0 Å². The minimum atomic E-state index is -1.13. The van der Waals surface area contributed by atoms with Crippen molar-refractivity contribution in [1.29, 1.82) is 0 Å². The maximum absolute atomic E-state index is 11.9. The van der Waals surface area contributed by atoms with Gasteiger partial charge in [-0.05, 0) is 11.1 Å². The first-order valence-corrected chi connectivity index (χ1v) is 5.60. The van der Waals surface area contributed by atoms with Crippen molar-refractivity contribution in [3.05, 3.63) is 35.4 Å². The third kappa shape index (κ3) is 2.85. The first-order valence-electron chi connectivity index (χ1n) is 5.60. The first kappa shape index (κ1) is 12.5. The van der Waals surface area contributed by atoms with E-state index in [1.807, 2.05) is 24.3 Å². The van der Waals surface area contributed by atoms with Crippen LogP contribution in [0.4, 0.5) is 0 Å². The third-order valence-electron chi connectivity index (χ3n) is 2.78. The highest BCUT2D eigenvalue weighted by molar-refractivity contribution is 5.84. The largest absolute Gasteiger partial charge is 0.479 e. The van der Waals surface area contributed by atoms with E-state index in [1.165, 1.54) is 0 Å². The van der Waals surface area contributed by atoms with Crippen molar-refractivity contribution in [2.75, 3.05) is 13.2 Å². The van der Waals surface area contributed by atoms with Gasteiger partial charge >= 0.3 is 5.97 Å². The average Bonchev–Trinajstić information content (AvgIpc) is 2.37. The van der Waals surface area contributed by atoms with E-state index in [9.17, 15) is 9.59 Å². The summed E-state index contributed by atoms with van der Waals surface area (Å²) < 4.78 is 0. The Hall–Kier alpha value is -1.92. The predicted octanol–water partition coefficient (Wildman–Crippen LogP) is 0.00580. The van der Waals surface area contributed by atoms with Gasteiger partial charge in [-0.1, -0.05) is 24.3 Å². The predicted molar refractivity (Wildman–Crippen MR) is 62.6 cm³/mol. The van der Waals surface area contributed by atoms with Gasteiger partial charge in [-0.25, -0.2) is 10.3 Å². The highest BCUT2D eigenvalue weighted by Crippen LogP contribution is 2.23. The zero-order valence-corrected chi connectivity index (χ0v) is 9.68. The van der Waals surface area contributed by atoms with Gasteiger partial charge in [0.25, 0.3) is 5.91 Å². The summed E-state index contributed by atoms with van der Waals surface area (Å²) in [5.74, 6) is -1.82. The Bertz CT molecular complexity index is 461. The molecule has 96 valence electrons. The lowest BCUT2D eigenvalue weighted by Gasteiger charge is -2.25. The summed E-state index contributed by atoms with van der Waals surface area (Å²) >= 11 is 0. The number of carboxylic acid groups (broad SMARTS) is 1. The fourth-order valence-corrected chi connectivity index (χ4v) is 1.97. The summed E-state index contributed by atoms with van der Waals surface area (Å²) in [5.41, 5.74) is 4.19. The molecule has 1 aliphatic heterocycles. The SMILES string of the molecule is O=C(O)CONC(=O)C1CNCc2ccccc21. The van der Waals surface area contributed by atoms with Crippen LogP contribution in [0.15, 0.2) is 24.3 Å². The van der Waals surface area contributed by atoms with Gasteiger partial charge < -0.3 is 10.4 Å². The number of hydroxylamine groups is 1. The second-order valence-corrected chi connectivity index (χ2v) is 4.03. The van der Waals surface area contributed by atoms with Crippen LogP contribution in [0.2, 0.25) is 0 Å². The molecule has 0 radical (unpaired) electrons. The topological polar surface area (TPSA) is 87.7 Å². The van der Waals surface area contributed by atoms with Crippen LogP contribution < -0.4 is 10.8 Å². The number of hydrogen-bond donors (Lipinski definition) is 3. The second kappa shape index (κ2) is 5.61. The molecule has 0 saturated carbocycles. The number of carbonyl (C=O) groups excluding carboxylic acids is 1. The molecule has 18 heavy (non-hydrogen) atoms. The molecule has 0 bridgehead atoms. The van der Waals surface area contributed by atoms with E-state index in [2.05, 4.69) is 15.6 Å². The van der Waals surface area contributed by atoms with Crippen molar-refractivity contribution in [3.63, 3.8) is 0 Å². The summed E-state index contributed by atoms with van der Waals surface area (Å²) in [6, 6.07) is 7.65. The number of fused-ring (bicyclic) bond motifs is 1. The highest BCUT2D eigenvalue weighted by Gasteiger charge is 2.26. The highest BCUT2D eigenvalue weighted by atomic mass is 16.7. The Kier molecular flexibility index (Phi) is 3.91. The number of carboxylic acids is 1. The average molecular weight is 250 g/mol. The second-order valence-electron chi connectivity index (χ2n) is 4.03. The smallest absolute Gasteiger partial charge is 0.332 e. The number of amides is 1. The monoisotopic (exact) mass is 250 g/mol. The van der Waals surface area contributed by atoms with Crippen molar-refractivity contribution in [1.82, 2.24) is 10.8 Å². The summed E-state index contributed by atoms with van der Waals surface area (Å²) in [7, 11) is 0. The molecule has 0 aromatic heterocycles. The molecule has 1 aromatic carbocycles. The summed E-state index contributed by atoms with van der Waals surface area (Å²) in [6.07, 6.45) is 0.